The van der Waals surface area contributed by atoms with Crippen LogP contribution in [0.4, 0.5) is 5.82 Å². The first kappa shape index (κ1) is 13.2. The number of pyridine rings is 1. The van der Waals surface area contributed by atoms with E-state index in [9.17, 15) is 0 Å². The van der Waals surface area contributed by atoms with Crippen molar-refractivity contribution in [1.82, 2.24) is 10.1 Å². The molecule has 0 atom stereocenters. The van der Waals surface area contributed by atoms with E-state index in [1.54, 1.807) is 19.5 Å². The third-order valence-corrected chi connectivity index (χ3v) is 3.29. The predicted octanol–water partition coefficient (Wildman–Crippen LogP) is 3.30. The number of hydrogen-bond donors (Lipinski definition) is 1. The lowest BCUT2D eigenvalue weighted by atomic mass is 10.0. The molecule has 3 aromatic rings. The van der Waals surface area contributed by atoms with E-state index in [0.717, 1.165) is 22.3 Å². The van der Waals surface area contributed by atoms with Gasteiger partial charge in [0.15, 0.2) is 11.6 Å². The fourth-order valence-corrected chi connectivity index (χ4v) is 2.28. The third kappa shape index (κ3) is 2.33. The minimum atomic E-state index is 0.347. The van der Waals surface area contributed by atoms with E-state index in [4.69, 9.17) is 15.0 Å². The van der Waals surface area contributed by atoms with Crippen molar-refractivity contribution in [2.24, 2.45) is 0 Å². The highest BCUT2D eigenvalue weighted by molar-refractivity contribution is 5.88. The first-order valence-corrected chi connectivity index (χ1v) is 6.51. The number of hydrogen-bond acceptors (Lipinski definition) is 5. The van der Waals surface area contributed by atoms with Crippen molar-refractivity contribution in [2.45, 2.75) is 6.92 Å². The second-order valence-electron chi connectivity index (χ2n) is 4.71. The van der Waals surface area contributed by atoms with Crippen LogP contribution < -0.4 is 10.5 Å². The number of aromatic nitrogens is 2. The maximum atomic E-state index is 5.97. The fraction of sp³-hybridized carbons (Fsp3) is 0.125. The molecule has 2 aromatic heterocycles. The van der Waals surface area contributed by atoms with E-state index in [0.29, 0.717) is 17.3 Å². The molecule has 2 heterocycles. The van der Waals surface area contributed by atoms with E-state index in [1.807, 2.05) is 37.3 Å². The molecule has 0 unspecified atom stereocenters. The second kappa shape index (κ2) is 5.28. The molecule has 21 heavy (non-hydrogen) atoms. The van der Waals surface area contributed by atoms with Crippen LogP contribution in [0.25, 0.3) is 22.5 Å². The van der Waals surface area contributed by atoms with Crippen molar-refractivity contribution >= 4 is 5.82 Å². The zero-order valence-corrected chi connectivity index (χ0v) is 11.8. The number of benzene rings is 1. The molecule has 0 saturated heterocycles. The van der Waals surface area contributed by atoms with Crippen LogP contribution in [0, 0.1) is 6.92 Å². The van der Waals surface area contributed by atoms with E-state index >= 15 is 0 Å². The molecule has 0 aliphatic carbocycles. The Morgan fingerprint density at radius 2 is 1.90 bits per heavy atom. The Morgan fingerprint density at radius 3 is 2.62 bits per heavy atom. The van der Waals surface area contributed by atoms with Gasteiger partial charge in [-0.3, -0.25) is 4.98 Å². The Labute approximate surface area is 122 Å². The summed E-state index contributed by atoms with van der Waals surface area (Å²) in [5.74, 6) is 1.66. The molecule has 106 valence electrons. The van der Waals surface area contributed by atoms with Crippen LogP contribution in [0.1, 0.15) is 5.56 Å². The Balaban J connectivity index is 2.24. The van der Waals surface area contributed by atoms with Gasteiger partial charge in [-0.1, -0.05) is 16.8 Å². The molecule has 1 aromatic carbocycles. The molecule has 0 aliphatic rings. The molecule has 0 spiro atoms. The number of aryl methyl sites for hydroxylation is 1. The maximum Gasteiger partial charge on any atom is 0.180 e. The largest absolute Gasteiger partial charge is 0.496 e. The highest BCUT2D eigenvalue weighted by Gasteiger charge is 2.20. The summed E-state index contributed by atoms with van der Waals surface area (Å²) >= 11 is 0. The average molecular weight is 281 g/mol. The van der Waals surface area contributed by atoms with Crippen molar-refractivity contribution in [3.05, 3.63) is 48.3 Å². The van der Waals surface area contributed by atoms with Crippen LogP contribution in [-0.4, -0.2) is 17.3 Å². The first-order valence-electron chi connectivity index (χ1n) is 6.51. The van der Waals surface area contributed by atoms with Crippen LogP contribution in [0.2, 0.25) is 0 Å². The lowest BCUT2D eigenvalue weighted by Crippen LogP contribution is -1.91. The van der Waals surface area contributed by atoms with Crippen molar-refractivity contribution in [3.8, 4) is 28.2 Å². The number of rotatable bonds is 3. The van der Waals surface area contributed by atoms with Gasteiger partial charge in [-0.05, 0) is 36.8 Å². The molecule has 0 bridgehead atoms. The quantitative estimate of drug-likeness (QED) is 0.797. The van der Waals surface area contributed by atoms with Crippen molar-refractivity contribution in [1.29, 1.82) is 0 Å². The maximum absolute atomic E-state index is 5.97. The topological polar surface area (TPSA) is 74.2 Å². The van der Waals surface area contributed by atoms with E-state index in [2.05, 4.69) is 10.1 Å². The highest BCUT2D eigenvalue weighted by atomic mass is 16.5. The molecule has 0 fully saturated rings. The highest BCUT2D eigenvalue weighted by Crippen LogP contribution is 2.40. The van der Waals surface area contributed by atoms with Crippen LogP contribution in [0.3, 0.4) is 0 Å². The van der Waals surface area contributed by atoms with Crippen molar-refractivity contribution in [2.75, 3.05) is 12.8 Å². The van der Waals surface area contributed by atoms with Gasteiger partial charge in [0.2, 0.25) is 0 Å². The fourth-order valence-electron chi connectivity index (χ4n) is 2.28. The monoisotopic (exact) mass is 281 g/mol. The van der Waals surface area contributed by atoms with Gasteiger partial charge in [0.25, 0.3) is 0 Å². The lowest BCUT2D eigenvalue weighted by Gasteiger charge is -2.08. The second-order valence-corrected chi connectivity index (χ2v) is 4.71. The molecule has 3 rings (SSSR count). The summed E-state index contributed by atoms with van der Waals surface area (Å²) in [6.45, 7) is 2.01. The third-order valence-electron chi connectivity index (χ3n) is 3.29. The smallest absolute Gasteiger partial charge is 0.180 e. The Kier molecular flexibility index (Phi) is 3.31. The molecule has 2 N–H and O–H groups in total. The molecule has 0 saturated carbocycles. The number of nitrogens with zero attached hydrogens (tertiary/aromatic N) is 2. The Bertz CT molecular complexity index is 766. The molecule has 0 radical (unpaired) electrons. The molecule has 5 nitrogen and oxygen atoms in total. The zero-order valence-electron chi connectivity index (χ0n) is 11.8. The first-order chi connectivity index (χ1) is 10.2. The van der Waals surface area contributed by atoms with Gasteiger partial charge in [-0.2, -0.15) is 0 Å². The van der Waals surface area contributed by atoms with E-state index < -0.39 is 0 Å². The number of methoxy groups -OCH3 is 1. The summed E-state index contributed by atoms with van der Waals surface area (Å²) in [6.07, 6.45) is 3.41. The van der Waals surface area contributed by atoms with Crippen molar-refractivity contribution < 1.29 is 9.26 Å². The van der Waals surface area contributed by atoms with Gasteiger partial charge in [0, 0.05) is 12.4 Å². The lowest BCUT2D eigenvalue weighted by molar-refractivity contribution is 0.407. The summed E-state index contributed by atoms with van der Waals surface area (Å²) < 4.78 is 10.9. The van der Waals surface area contributed by atoms with Gasteiger partial charge in [0.05, 0.1) is 18.2 Å². The molecular formula is C16H15N3O2. The average Bonchev–Trinajstić information content (AvgIpc) is 2.89. The van der Waals surface area contributed by atoms with Crippen LogP contribution in [0.5, 0.6) is 5.75 Å². The minimum Gasteiger partial charge on any atom is -0.496 e. The number of ether oxygens (including phenoxy) is 1. The molecular weight excluding hydrogens is 266 g/mol. The standard InChI is InChI=1S/C16H15N3O2/c1-10-3-4-13(20-2)12(9-10)15-14(16(17)19-21-15)11-5-7-18-8-6-11/h3-9H,1-2H3,(H2,17,19). The summed E-state index contributed by atoms with van der Waals surface area (Å²) in [4.78, 5) is 4.02. The van der Waals surface area contributed by atoms with Crippen LogP contribution >= 0.6 is 0 Å². The molecule has 5 heteroatoms. The van der Waals surface area contributed by atoms with Gasteiger partial charge < -0.3 is 15.0 Å². The Morgan fingerprint density at radius 1 is 1.14 bits per heavy atom. The normalized spacial score (nSPS) is 10.6. The van der Waals surface area contributed by atoms with Gasteiger partial charge in [0.1, 0.15) is 5.75 Å². The summed E-state index contributed by atoms with van der Waals surface area (Å²) in [7, 11) is 1.63. The summed E-state index contributed by atoms with van der Waals surface area (Å²) in [5, 5.41) is 3.90. The number of anilines is 1. The minimum absolute atomic E-state index is 0.347. The number of nitrogens with two attached hydrogens (primary N) is 1. The van der Waals surface area contributed by atoms with Gasteiger partial charge in [-0.25, -0.2) is 0 Å². The number of nitrogen functional groups attached to an aromatic ring is 1. The van der Waals surface area contributed by atoms with E-state index in [-0.39, 0.29) is 0 Å². The predicted molar refractivity (Wildman–Crippen MR) is 80.9 cm³/mol. The summed E-state index contributed by atoms with van der Waals surface area (Å²) in [5.41, 5.74) is 9.56. The van der Waals surface area contributed by atoms with Crippen LogP contribution in [0.15, 0.2) is 47.2 Å². The molecule has 0 amide bonds. The summed E-state index contributed by atoms with van der Waals surface area (Å²) in [6, 6.07) is 9.61. The molecule has 0 aliphatic heterocycles. The van der Waals surface area contributed by atoms with Crippen molar-refractivity contribution in [3.63, 3.8) is 0 Å². The van der Waals surface area contributed by atoms with Gasteiger partial charge >= 0.3 is 0 Å². The van der Waals surface area contributed by atoms with Gasteiger partial charge in [-0.15, -0.1) is 0 Å². The van der Waals surface area contributed by atoms with E-state index in [1.165, 1.54) is 0 Å². The zero-order chi connectivity index (χ0) is 14.8. The van der Waals surface area contributed by atoms with Crippen LogP contribution in [-0.2, 0) is 0 Å². The SMILES string of the molecule is COc1ccc(C)cc1-c1onc(N)c1-c1ccncc1. The Hall–Kier alpha value is -2.82.